The highest BCUT2D eigenvalue weighted by Crippen LogP contribution is 2.26. The normalized spacial score (nSPS) is 15.4. The number of carbonyl (C=O) groups is 4. The topological polar surface area (TPSA) is 92.8 Å². The van der Waals surface area contributed by atoms with Crippen LogP contribution in [0, 0.1) is 0 Å². The number of nitrogens with one attached hydrogen (secondary N) is 1. The van der Waals surface area contributed by atoms with Gasteiger partial charge in [0.05, 0.1) is 11.1 Å². The summed E-state index contributed by atoms with van der Waals surface area (Å²) in [6, 6.07) is 5.39. The lowest BCUT2D eigenvalue weighted by atomic mass is 10.1. The van der Waals surface area contributed by atoms with Gasteiger partial charge in [0.15, 0.2) is 6.10 Å². The van der Waals surface area contributed by atoms with Crippen molar-refractivity contribution in [3.63, 3.8) is 0 Å². The van der Waals surface area contributed by atoms with E-state index in [1.54, 1.807) is 31.2 Å². The standard InChI is InChI=1S/C18H22N2O5S/c1-4-19-15(21)11(2)25-18(24)14(9-10-26-3)20-16(22)12-7-5-6-8-13(12)17(20)23/h5-8,11,14H,4,9-10H2,1-3H3,(H,19,21)/t11-,14-/m0/s1. The smallest absolute Gasteiger partial charge is 0.330 e. The van der Waals surface area contributed by atoms with Crippen LogP contribution in [0.3, 0.4) is 0 Å². The van der Waals surface area contributed by atoms with Crippen LogP contribution >= 0.6 is 11.8 Å². The fourth-order valence-corrected chi connectivity index (χ4v) is 3.16. The third-order valence-corrected chi connectivity index (χ3v) is 4.66. The number of hydrogen-bond donors (Lipinski definition) is 1. The minimum atomic E-state index is -1.06. The quantitative estimate of drug-likeness (QED) is 0.544. The van der Waals surface area contributed by atoms with Crippen LogP contribution in [0.1, 0.15) is 41.0 Å². The first kappa shape index (κ1) is 20.0. The van der Waals surface area contributed by atoms with Crippen molar-refractivity contribution in [2.45, 2.75) is 32.4 Å². The van der Waals surface area contributed by atoms with E-state index in [2.05, 4.69) is 5.32 Å². The summed E-state index contributed by atoms with van der Waals surface area (Å²) in [6.45, 7) is 3.62. The lowest BCUT2D eigenvalue weighted by molar-refractivity contribution is -0.158. The van der Waals surface area contributed by atoms with Crippen LogP contribution in [0.5, 0.6) is 0 Å². The molecule has 1 aromatic rings. The number of esters is 1. The molecule has 0 radical (unpaired) electrons. The number of nitrogens with zero attached hydrogens (tertiary/aromatic N) is 1. The third-order valence-electron chi connectivity index (χ3n) is 4.02. The second-order valence-electron chi connectivity index (χ2n) is 5.80. The highest BCUT2D eigenvalue weighted by Gasteiger charge is 2.43. The van der Waals surface area contributed by atoms with Gasteiger partial charge in [0.25, 0.3) is 17.7 Å². The summed E-state index contributed by atoms with van der Waals surface area (Å²) in [5, 5.41) is 2.57. The van der Waals surface area contributed by atoms with Crippen molar-refractivity contribution in [1.82, 2.24) is 10.2 Å². The monoisotopic (exact) mass is 378 g/mol. The molecule has 7 nitrogen and oxygen atoms in total. The number of thioether (sulfide) groups is 1. The van der Waals surface area contributed by atoms with Gasteiger partial charge in [-0.2, -0.15) is 11.8 Å². The van der Waals surface area contributed by atoms with E-state index in [1.807, 2.05) is 6.26 Å². The summed E-state index contributed by atoms with van der Waals surface area (Å²) in [5.41, 5.74) is 0.549. The summed E-state index contributed by atoms with van der Waals surface area (Å²) < 4.78 is 5.23. The molecule has 0 unspecified atom stereocenters. The Kier molecular flexibility index (Phi) is 6.79. The second-order valence-corrected chi connectivity index (χ2v) is 6.78. The number of likely N-dealkylation sites (N-methyl/N-ethyl adjacent to an activating group) is 1. The number of rotatable bonds is 8. The average molecular weight is 378 g/mol. The summed E-state index contributed by atoms with van der Waals surface area (Å²) in [4.78, 5) is 50.7. The molecule has 2 rings (SSSR count). The van der Waals surface area contributed by atoms with Gasteiger partial charge in [-0.25, -0.2) is 4.79 Å². The summed E-state index contributed by atoms with van der Waals surface area (Å²) in [7, 11) is 0. The molecule has 140 valence electrons. The van der Waals surface area contributed by atoms with Crippen LogP contribution in [0.4, 0.5) is 0 Å². The summed E-state index contributed by atoms with van der Waals surface area (Å²) >= 11 is 1.49. The molecule has 8 heteroatoms. The molecule has 3 amide bonds. The lowest BCUT2D eigenvalue weighted by Gasteiger charge is -2.25. The lowest BCUT2D eigenvalue weighted by Crippen LogP contribution is -2.48. The van der Waals surface area contributed by atoms with Crippen LogP contribution in [-0.2, 0) is 14.3 Å². The van der Waals surface area contributed by atoms with E-state index in [-0.39, 0.29) is 17.5 Å². The minimum absolute atomic E-state index is 0.258. The highest BCUT2D eigenvalue weighted by atomic mass is 32.2. The average Bonchev–Trinajstić information content (AvgIpc) is 2.87. The van der Waals surface area contributed by atoms with E-state index in [1.165, 1.54) is 18.7 Å². The molecular formula is C18H22N2O5S. The Morgan fingerprint density at radius 1 is 1.19 bits per heavy atom. The zero-order valence-electron chi connectivity index (χ0n) is 15.0. The molecule has 1 aliphatic heterocycles. The fourth-order valence-electron chi connectivity index (χ4n) is 2.70. The number of benzene rings is 1. The van der Waals surface area contributed by atoms with Crippen molar-refractivity contribution in [3.8, 4) is 0 Å². The first-order chi connectivity index (χ1) is 12.4. The molecule has 0 spiro atoms. The SMILES string of the molecule is CCNC(=O)[C@H](C)OC(=O)[C@H](CCSC)N1C(=O)c2ccccc2C1=O. The van der Waals surface area contributed by atoms with Crippen molar-refractivity contribution >= 4 is 35.5 Å². The van der Waals surface area contributed by atoms with Crippen LogP contribution in [0.15, 0.2) is 24.3 Å². The van der Waals surface area contributed by atoms with Crippen molar-refractivity contribution in [3.05, 3.63) is 35.4 Å². The number of carbonyl (C=O) groups excluding carboxylic acids is 4. The van der Waals surface area contributed by atoms with Gasteiger partial charge in [-0.1, -0.05) is 12.1 Å². The molecule has 0 fully saturated rings. The molecule has 0 bridgehead atoms. The van der Waals surface area contributed by atoms with E-state index in [4.69, 9.17) is 4.74 Å². The number of amides is 3. The van der Waals surface area contributed by atoms with Crippen molar-refractivity contribution in [2.24, 2.45) is 0 Å². The first-order valence-corrected chi connectivity index (χ1v) is 9.75. The largest absolute Gasteiger partial charge is 0.451 e. The fraction of sp³-hybridized carbons (Fsp3) is 0.444. The molecule has 1 heterocycles. The molecular weight excluding hydrogens is 356 g/mol. The molecule has 2 atom stereocenters. The Bertz CT molecular complexity index is 686. The predicted octanol–water partition coefficient (Wildman–Crippen LogP) is 1.47. The molecule has 26 heavy (non-hydrogen) atoms. The van der Waals surface area contributed by atoms with Crippen LogP contribution in [-0.4, -0.2) is 59.3 Å². The number of fused-ring (bicyclic) bond motifs is 1. The van der Waals surface area contributed by atoms with Gasteiger partial charge in [0.1, 0.15) is 6.04 Å². The van der Waals surface area contributed by atoms with Crippen LogP contribution in [0.2, 0.25) is 0 Å². The van der Waals surface area contributed by atoms with Gasteiger partial charge < -0.3 is 10.1 Å². The van der Waals surface area contributed by atoms with Crippen molar-refractivity contribution in [2.75, 3.05) is 18.6 Å². The van der Waals surface area contributed by atoms with Crippen molar-refractivity contribution in [1.29, 1.82) is 0 Å². The maximum atomic E-state index is 12.6. The maximum absolute atomic E-state index is 12.6. The Labute approximate surface area is 156 Å². The van der Waals surface area contributed by atoms with E-state index >= 15 is 0 Å². The highest BCUT2D eigenvalue weighted by molar-refractivity contribution is 7.98. The first-order valence-electron chi connectivity index (χ1n) is 8.36. The summed E-state index contributed by atoms with van der Waals surface area (Å²) in [5.74, 6) is -1.65. The Hall–Kier alpha value is -2.35. The zero-order chi connectivity index (χ0) is 19.3. The number of imide groups is 1. The minimum Gasteiger partial charge on any atom is -0.451 e. The van der Waals surface area contributed by atoms with Gasteiger partial charge in [-0.15, -0.1) is 0 Å². The Morgan fingerprint density at radius 2 is 1.77 bits per heavy atom. The molecule has 0 saturated heterocycles. The maximum Gasteiger partial charge on any atom is 0.330 e. The van der Waals surface area contributed by atoms with E-state index in [0.717, 1.165) is 4.90 Å². The van der Waals surface area contributed by atoms with E-state index < -0.39 is 35.8 Å². The molecule has 0 aliphatic carbocycles. The van der Waals surface area contributed by atoms with Gasteiger partial charge in [-0.3, -0.25) is 19.3 Å². The van der Waals surface area contributed by atoms with E-state index in [0.29, 0.717) is 12.3 Å². The van der Waals surface area contributed by atoms with E-state index in [9.17, 15) is 19.2 Å². The number of hydrogen-bond acceptors (Lipinski definition) is 6. The van der Waals surface area contributed by atoms with Gasteiger partial charge in [0, 0.05) is 6.54 Å². The van der Waals surface area contributed by atoms with Gasteiger partial charge >= 0.3 is 5.97 Å². The Morgan fingerprint density at radius 3 is 2.27 bits per heavy atom. The van der Waals surface area contributed by atoms with Gasteiger partial charge in [-0.05, 0) is 44.4 Å². The molecule has 1 N–H and O–H groups in total. The zero-order valence-corrected chi connectivity index (χ0v) is 15.8. The van der Waals surface area contributed by atoms with Crippen LogP contribution < -0.4 is 5.32 Å². The third kappa shape index (κ3) is 4.07. The van der Waals surface area contributed by atoms with Crippen LogP contribution in [0.25, 0.3) is 0 Å². The van der Waals surface area contributed by atoms with Crippen molar-refractivity contribution < 1.29 is 23.9 Å². The number of ether oxygens (including phenoxy) is 1. The molecule has 0 saturated carbocycles. The summed E-state index contributed by atoms with van der Waals surface area (Å²) in [6.07, 6.45) is 1.12. The molecule has 1 aromatic carbocycles. The molecule has 0 aromatic heterocycles. The Balaban J connectivity index is 2.22. The predicted molar refractivity (Wildman–Crippen MR) is 98.0 cm³/mol. The second kappa shape index (κ2) is 8.84. The van der Waals surface area contributed by atoms with Gasteiger partial charge in [0.2, 0.25) is 0 Å². The molecule has 1 aliphatic rings.